The Kier molecular flexibility index (Phi) is 5.46. The van der Waals surface area contributed by atoms with Gasteiger partial charge >= 0.3 is 0 Å². The molecule has 0 aliphatic carbocycles. The maximum Gasteiger partial charge on any atom is 0.143 e. The van der Waals surface area contributed by atoms with E-state index in [9.17, 15) is 0 Å². The molecule has 0 spiro atoms. The second kappa shape index (κ2) is 8.92. The molecule has 0 aliphatic heterocycles. The SMILES string of the molecule is [B][B][BH3-].c1ccc(-c2cccc3c2oc2ccc(-n4c5ccccc5c5ccccc54)cc23)cc1. The van der Waals surface area contributed by atoms with Gasteiger partial charge in [-0.25, -0.2) is 0 Å². The topological polar surface area (TPSA) is 18.1 Å². The van der Waals surface area contributed by atoms with Crippen LogP contribution in [0, 0.1) is 0 Å². The van der Waals surface area contributed by atoms with Gasteiger partial charge in [0.15, 0.2) is 0 Å². The summed E-state index contributed by atoms with van der Waals surface area (Å²) in [6.07, 6.45) is 0. The first-order chi connectivity index (χ1) is 17.3. The van der Waals surface area contributed by atoms with Gasteiger partial charge in [-0.15, -0.1) is 0 Å². The Labute approximate surface area is 207 Å². The zero-order valence-electron chi connectivity index (χ0n) is 18.5. The lowest BCUT2D eigenvalue weighted by molar-refractivity contribution is 0.670. The van der Waals surface area contributed by atoms with Gasteiger partial charge in [0.05, 0.1) is 11.0 Å². The number of aromatic nitrogens is 1. The number of benzene rings is 5. The highest BCUT2D eigenvalue weighted by Crippen LogP contribution is 2.38. The Morgan fingerprint density at radius 3 is 1.91 bits per heavy atom. The second-order valence-corrected chi connectivity index (χ2v) is 8.20. The smallest absolute Gasteiger partial charge is 0.143 e. The molecule has 35 heavy (non-hydrogen) atoms. The fraction of sp³-hybridized carbons (Fsp3) is 0. The number of hydrogen-bond donors (Lipinski definition) is 0. The molecule has 0 unspecified atom stereocenters. The second-order valence-electron chi connectivity index (χ2n) is 8.20. The molecule has 0 saturated heterocycles. The van der Waals surface area contributed by atoms with Crippen molar-refractivity contribution in [2.45, 2.75) is 0 Å². The van der Waals surface area contributed by atoms with E-state index < -0.39 is 0 Å². The highest BCUT2D eigenvalue weighted by Gasteiger charge is 2.15. The van der Waals surface area contributed by atoms with E-state index in [-0.39, 0.29) is 0 Å². The van der Waals surface area contributed by atoms with Crippen LogP contribution in [0.3, 0.4) is 0 Å². The van der Waals surface area contributed by atoms with Crippen molar-refractivity contribution >= 4 is 66.3 Å². The van der Waals surface area contributed by atoms with Crippen LogP contribution < -0.4 is 0 Å². The van der Waals surface area contributed by atoms with Gasteiger partial charge in [-0.1, -0.05) is 92.7 Å². The molecule has 0 amide bonds. The van der Waals surface area contributed by atoms with E-state index in [1.54, 1.807) is 7.06 Å². The molecule has 5 aromatic carbocycles. The first kappa shape index (κ1) is 21.4. The third kappa shape index (κ3) is 3.55. The fourth-order valence-corrected chi connectivity index (χ4v) is 4.97. The van der Waals surface area contributed by atoms with Crippen LogP contribution in [0.5, 0.6) is 0 Å². The van der Waals surface area contributed by atoms with Crippen LogP contribution in [-0.2, 0) is 0 Å². The van der Waals surface area contributed by atoms with Crippen LogP contribution in [0.2, 0.25) is 0 Å². The van der Waals surface area contributed by atoms with Crippen molar-refractivity contribution in [1.82, 2.24) is 4.57 Å². The molecule has 2 nitrogen and oxygen atoms in total. The van der Waals surface area contributed by atoms with E-state index in [2.05, 4.69) is 114 Å². The van der Waals surface area contributed by atoms with E-state index in [0.29, 0.717) is 7.74 Å². The zero-order valence-corrected chi connectivity index (χ0v) is 18.5. The minimum Gasteiger partial charge on any atom is -0.455 e. The summed E-state index contributed by atoms with van der Waals surface area (Å²) in [5.74, 6) is 0. The number of furan rings is 1. The summed E-state index contributed by atoms with van der Waals surface area (Å²) in [6, 6.07) is 40.6. The number of nitrogens with zero attached hydrogens (tertiary/aromatic N) is 1. The average molecular weight is 445 g/mol. The van der Waals surface area contributed by atoms with E-state index in [1.807, 2.05) is 6.07 Å². The first-order valence-corrected chi connectivity index (χ1v) is 11.2. The molecule has 163 valence electrons. The maximum atomic E-state index is 6.38. The first-order valence-electron chi connectivity index (χ1n) is 11.2. The Balaban J connectivity index is 0.000000727. The lowest BCUT2D eigenvalue weighted by Gasteiger charge is -2.08. The molecule has 5 heteroatoms. The van der Waals surface area contributed by atoms with Gasteiger partial charge in [-0.2, -0.15) is 7.06 Å². The molecule has 0 atom stereocenters. The van der Waals surface area contributed by atoms with Gasteiger partial charge < -0.3 is 8.98 Å². The summed E-state index contributed by atoms with van der Waals surface area (Å²) in [6.45, 7) is 0. The van der Waals surface area contributed by atoms with Gasteiger partial charge in [0, 0.05) is 32.8 Å². The predicted molar refractivity (Wildman–Crippen MR) is 155 cm³/mol. The maximum absolute atomic E-state index is 6.38. The molecule has 0 bridgehead atoms. The average Bonchev–Trinajstić information content (AvgIpc) is 3.45. The minimum atomic E-state index is 0.417. The van der Waals surface area contributed by atoms with Gasteiger partial charge in [-0.3, -0.25) is 0 Å². The van der Waals surface area contributed by atoms with Crippen molar-refractivity contribution in [2.24, 2.45) is 0 Å². The monoisotopic (exact) mass is 445 g/mol. The number of fused-ring (bicyclic) bond motifs is 6. The highest BCUT2D eigenvalue weighted by atomic mass is 16.3. The highest BCUT2D eigenvalue weighted by molar-refractivity contribution is 7.17. The van der Waals surface area contributed by atoms with Gasteiger partial charge in [0.2, 0.25) is 0 Å². The molecule has 0 saturated carbocycles. The van der Waals surface area contributed by atoms with Gasteiger partial charge in [0.25, 0.3) is 0 Å². The molecule has 7 aromatic rings. The largest absolute Gasteiger partial charge is 0.455 e. The third-order valence-electron chi connectivity index (χ3n) is 6.40. The normalized spacial score (nSPS) is 11.1. The van der Waals surface area contributed by atoms with Crippen molar-refractivity contribution < 1.29 is 4.42 Å². The summed E-state index contributed by atoms with van der Waals surface area (Å²) in [5, 5.41) is 4.82. The Morgan fingerprint density at radius 1 is 0.629 bits per heavy atom. The van der Waals surface area contributed by atoms with Crippen molar-refractivity contribution in [3.8, 4) is 16.8 Å². The van der Waals surface area contributed by atoms with E-state index in [1.165, 1.54) is 27.4 Å². The van der Waals surface area contributed by atoms with E-state index >= 15 is 0 Å². The molecule has 2 aromatic heterocycles. The fourth-order valence-electron chi connectivity index (χ4n) is 4.97. The van der Waals surface area contributed by atoms with Crippen molar-refractivity contribution in [2.75, 3.05) is 0 Å². The molecule has 0 N–H and O–H groups in total. The van der Waals surface area contributed by atoms with Gasteiger partial charge in [0.1, 0.15) is 11.2 Å². The lowest BCUT2D eigenvalue weighted by atomic mass is 9.40. The quantitative estimate of drug-likeness (QED) is 0.282. The van der Waals surface area contributed by atoms with E-state index in [4.69, 9.17) is 12.2 Å². The molecule has 0 fully saturated rings. The minimum absolute atomic E-state index is 0.417. The molecule has 3 radical (unpaired) electrons. The number of para-hydroxylation sites is 3. The Hall–Kier alpha value is -4.11. The molecule has 7 rings (SSSR count). The van der Waals surface area contributed by atoms with Crippen molar-refractivity contribution in [3.05, 3.63) is 115 Å². The summed E-state index contributed by atoms with van der Waals surface area (Å²) in [4.78, 5) is 0. The third-order valence-corrected chi connectivity index (χ3v) is 6.40. The molecular weight excluding hydrogens is 423 g/mol. The summed E-state index contributed by atoms with van der Waals surface area (Å²) in [7, 11) is 7.00. The van der Waals surface area contributed by atoms with E-state index in [0.717, 1.165) is 33.2 Å². The predicted octanol–water partition coefficient (Wildman–Crippen LogP) is 6.40. The number of rotatable bonds is 2. The summed E-state index contributed by atoms with van der Waals surface area (Å²) in [5.41, 5.74) is 7.71. The molecular formula is C30H22B3NO-. The summed E-state index contributed by atoms with van der Waals surface area (Å²) < 4.78 is 8.73. The van der Waals surface area contributed by atoms with Crippen LogP contribution >= 0.6 is 0 Å². The van der Waals surface area contributed by atoms with Crippen molar-refractivity contribution in [1.29, 1.82) is 0 Å². The van der Waals surface area contributed by atoms with Crippen LogP contribution in [0.1, 0.15) is 0 Å². The van der Waals surface area contributed by atoms with Crippen LogP contribution in [-0.4, -0.2) is 27.1 Å². The zero-order chi connectivity index (χ0) is 23.8. The van der Waals surface area contributed by atoms with Crippen LogP contribution in [0.15, 0.2) is 120 Å². The standard InChI is InChI=1S/C30H19NO.B3H3/c1-2-9-20(10-3-1)22-13-8-14-25-26-19-21(17-18-29(26)32-30(22)25)31-27-15-6-4-11-23(27)24-12-5-7-16-28(24)31;1-3-2/h1-19H;1H3/q;-1. The Morgan fingerprint density at radius 2 is 1.23 bits per heavy atom. The van der Waals surface area contributed by atoms with Gasteiger partial charge in [-0.05, 0) is 43.6 Å². The van der Waals surface area contributed by atoms with Crippen LogP contribution in [0.25, 0.3) is 60.6 Å². The molecule has 2 heterocycles. The lowest BCUT2D eigenvalue weighted by Crippen LogP contribution is -1.93. The summed E-state index contributed by atoms with van der Waals surface area (Å²) >= 11 is 0. The van der Waals surface area contributed by atoms with Crippen LogP contribution in [0.4, 0.5) is 0 Å². The number of hydrogen-bond acceptors (Lipinski definition) is 1. The molecule has 0 aliphatic rings. The Bertz CT molecular complexity index is 1750. The van der Waals surface area contributed by atoms with Crippen molar-refractivity contribution in [3.63, 3.8) is 0 Å².